The number of amides is 1. The Balaban J connectivity index is 2.26. The van der Waals surface area contributed by atoms with Gasteiger partial charge in [-0.05, 0) is 62.7 Å². The van der Waals surface area contributed by atoms with E-state index >= 15 is 0 Å². The highest BCUT2D eigenvalue weighted by atomic mass is 79.9. The van der Waals surface area contributed by atoms with Crippen molar-refractivity contribution >= 4 is 21.8 Å². The molecule has 2 rings (SSSR count). The molecule has 1 unspecified atom stereocenters. The molecule has 1 amide bonds. The van der Waals surface area contributed by atoms with E-state index in [4.69, 9.17) is 0 Å². The van der Waals surface area contributed by atoms with Gasteiger partial charge in [0, 0.05) is 30.7 Å². The third-order valence-electron chi connectivity index (χ3n) is 4.35. The lowest BCUT2D eigenvalue weighted by molar-refractivity contribution is -0.00592. The minimum atomic E-state index is -0.707. The Kier molecular flexibility index (Phi) is 5.16. The molecule has 1 fully saturated rings. The maximum atomic E-state index is 14.1. The lowest BCUT2D eigenvalue weighted by atomic mass is 9.97. The zero-order chi connectivity index (χ0) is 17.5. The lowest BCUT2D eigenvalue weighted by Crippen LogP contribution is -2.62. The van der Waals surface area contributed by atoms with E-state index in [1.165, 1.54) is 0 Å². The lowest BCUT2D eigenvalue weighted by Gasteiger charge is -2.49. The molecule has 2 atom stereocenters. The van der Waals surface area contributed by atoms with Crippen LogP contribution in [0.25, 0.3) is 0 Å². The van der Waals surface area contributed by atoms with Crippen LogP contribution in [-0.2, 0) is 0 Å². The van der Waals surface area contributed by atoms with E-state index in [1.54, 1.807) is 4.90 Å². The van der Waals surface area contributed by atoms with Gasteiger partial charge in [0.25, 0.3) is 5.91 Å². The molecule has 1 aliphatic heterocycles. The van der Waals surface area contributed by atoms with Crippen LogP contribution in [0.2, 0.25) is 0 Å². The van der Waals surface area contributed by atoms with Crippen LogP contribution in [0.15, 0.2) is 16.6 Å². The fourth-order valence-corrected chi connectivity index (χ4v) is 3.50. The topological polar surface area (TPSA) is 23.6 Å². The van der Waals surface area contributed by atoms with Crippen molar-refractivity contribution in [3.8, 4) is 0 Å². The van der Waals surface area contributed by atoms with E-state index in [-0.39, 0.29) is 27.7 Å². The molecular weight excluding hydrogens is 366 g/mol. The van der Waals surface area contributed by atoms with Crippen LogP contribution < -0.4 is 0 Å². The Labute approximate surface area is 144 Å². The molecule has 0 N–H and O–H groups in total. The second-order valence-electron chi connectivity index (χ2n) is 7.22. The van der Waals surface area contributed by atoms with Crippen LogP contribution >= 0.6 is 15.9 Å². The summed E-state index contributed by atoms with van der Waals surface area (Å²) < 4.78 is 27.8. The van der Waals surface area contributed by atoms with Crippen molar-refractivity contribution in [1.29, 1.82) is 0 Å². The van der Waals surface area contributed by atoms with Crippen molar-refractivity contribution < 1.29 is 13.6 Å². The number of halogens is 3. The number of benzene rings is 1. The van der Waals surface area contributed by atoms with Crippen molar-refractivity contribution in [2.45, 2.75) is 52.2 Å². The SMILES string of the molecule is CC1CN(C(C)(C)C)[C@H](C)CN1C(=O)c1cc(F)c(Br)cc1F. The number of carbonyl (C=O) groups excluding carboxylic acids is 1. The molecule has 0 spiro atoms. The summed E-state index contributed by atoms with van der Waals surface area (Å²) in [6, 6.07) is 2.06. The van der Waals surface area contributed by atoms with Crippen molar-refractivity contribution in [2.24, 2.45) is 0 Å². The van der Waals surface area contributed by atoms with Crippen molar-refractivity contribution in [3.05, 3.63) is 33.8 Å². The second-order valence-corrected chi connectivity index (χ2v) is 8.08. The first kappa shape index (κ1) is 18.3. The van der Waals surface area contributed by atoms with Crippen LogP contribution in [0, 0.1) is 11.6 Å². The molecule has 1 heterocycles. The molecule has 3 nitrogen and oxygen atoms in total. The standard InChI is InChI=1S/C17H23BrF2N2O/c1-10-9-22(17(3,4)5)11(2)8-21(10)16(23)12-6-15(20)13(18)7-14(12)19/h6-7,10-11H,8-9H2,1-5H3/t10?,11-/m1/s1. The summed E-state index contributed by atoms with van der Waals surface area (Å²) in [6.45, 7) is 11.6. The zero-order valence-electron chi connectivity index (χ0n) is 14.2. The van der Waals surface area contributed by atoms with E-state index in [2.05, 4.69) is 48.5 Å². The van der Waals surface area contributed by atoms with E-state index < -0.39 is 17.5 Å². The van der Waals surface area contributed by atoms with Crippen LogP contribution in [0.1, 0.15) is 45.0 Å². The molecule has 1 aromatic carbocycles. The molecule has 0 bridgehead atoms. The summed E-state index contributed by atoms with van der Waals surface area (Å²) in [4.78, 5) is 16.7. The van der Waals surface area contributed by atoms with Crippen LogP contribution in [0.5, 0.6) is 0 Å². The Morgan fingerprint density at radius 2 is 1.74 bits per heavy atom. The summed E-state index contributed by atoms with van der Waals surface area (Å²) in [5.41, 5.74) is -0.216. The first-order chi connectivity index (χ1) is 10.5. The molecule has 128 valence electrons. The predicted octanol–water partition coefficient (Wildman–Crippen LogP) is 4.06. The Bertz CT molecular complexity index is 615. The highest BCUT2D eigenvalue weighted by molar-refractivity contribution is 9.10. The molecule has 1 saturated heterocycles. The largest absolute Gasteiger partial charge is 0.333 e. The third-order valence-corrected chi connectivity index (χ3v) is 4.96. The molecule has 23 heavy (non-hydrogen) atoms. The number of rotatable bonds is 1. The zero-order valence-corrected chi connectivity index (χ0v) is 15.7. The van der Waals surface area contributed by atoms with Gasteiger partial charge < -0.3 is 4.90 Å². The smallest absolute Gasteiger partial charge is 0.257 e. The van der Waals surface area contributed by atoms with Gasteiger partial charge in [-0.25, -0.2) is 8.78 Å². The highest BCUT2D eigenvalue weighted by Gasteiger charge is 2.37. The quantitative estimate of drug-likeness (QED) is 0.677. The normalized spacial score (nSPS) is 23.2. The van der Waals surface area contributed by atoms with Gasteiger partial charge in [-0.2, -0.15) is 0 Å². The molecule has 1 aliphatic rings. The van der Waals surface area contributed by atoms with Crippen LogP contribution in [0.3, 0.4) is 0 Å². The monoisotopic (exact) mass is 388 g/mol. The van der Waals surface area contributed by atoms with Gasteiger partial charge in [0.05, 0.1) is 10.0 Å². The van der Waals surface area contributed by atoms with Crippen LogP contribution in [-0.4, -0.2) is 46.4 Å². The Morgan fingerprint density at radius 1 is 1.13 bits per heavy atom. The van der Waals surface area contributed by atoms with E-state index in [0.717, 1.165) is 12.1 Å². The maximum absolute atomic E-state index is 14.1. The number of nitrogens with zero attached hydrogens (tertiary/aromatic N) is 2. The molecule has 0 saturated carbocycles. The summed E-state index contributed by atoms with van der Waals surface area (Å²) >= 11 is 2.93. The molecule has 6 heteroatoms. The fraction of sp³-hybridized carbons (Fsp3) is 0.588. The summed E-state index contributed by atoms with van der Waals surface area (Å²) in [5.74, 6) is -1.80. The summed E-state index contributed by atoms with van der Waals surface area (Å²) in [7, 11) is 0. The third kappa shape index (κ3) is 3.74. The van der Waals surface area contributed by atoms with Gasteiger partial charge in [0.15, 0.2) is 0 Å². The van der Waals surface area contributed by atoms with E-state index in [0.29, 0.717) is 13.1 Å². The summed E-state index contributed by atoms with van der Waals surface area (Å²) in [6.07, 6.45) is 0. The number of carbonyl (C=O) groups is 1. The van der Waals surface area contributed by atoms with Gasteiger partial charge >= 0.3 is 0 Å². The average Bonchev–Trinajstić information content (AvgIpc) is 2.43. The Hall–Kier alpha value is -1.01. The van der Waals surface area contributed by atoms with Gasteiger partial charge in [0.1, 0.15) is 11.6 Å². The predicted molar refractivity (Wildman–Crippen MR) is 90.5 cm³/mol. The van der Waals surface area contributed by atoms with Crippen LogP contribution in [0.4, 0.5) is 8.78 Å². The first-order valence-corrected chi connectivity index (χ1v) is 8.54. The number of hydrogen-bond acceptors (Lipinski definition) is 2. The first-order valence-electron chi connectivity index (χ1n) is 7.74. The van der Waals surface area contributed by atoms with Crippen molar-refractivity contribution in [1.82, 2.24) is 9.80 Å². The van der Waals surface area contributed by atoms with Crippen molar-refractivity contribution in [2.75, 3.05) is 13.1 Å². The van der Waals surface area contributed by atoms with Crippen molar-refractivity contribution in [3.63, 3.8) is 0 Å². The van der Waals surface area contributed by atoms with Gasteiger partial charge in [-0.15, -0.1) is 0 Å². The minimum absolute atomic E-state index is 0.00220. The molecule has 0 aliphatic carbocycles. The molecule has 0 aromatic heterocycles. The van der Waals surface area contributed by atoms with E-state index in [1.807, 2.05) is 6.92 Å². The Morgan fingerprint density at radius 3 is 2.30 bits per heavy atom. The minimum Gasteiger partial charge on any atom is -0.333 e. The summed E-state index contributed by atoms with van der Waals surface area (Å²) in [5, 5.41) is 0. The van der Waals surface area contributed by atoms with E-state index in [9.17, 15) is 13.6 Å². The van der Waals surface area contributed by atoms with Gasteiger partial charge in [0.2, 0.25) is 0 Å². The highest BCUT2D eigenvalue weighted by Crippen LogP contribution is 2.27. The molecule has 0 radical (unpaired) electrons. The molecular formula is C17H23BrF2N2O. The number of hydrogen-bond donors (Lipinski definition) is 0. The maximum Gasteiger partial charge on any atom is 0.257 e. The second kappa shape index (κ2) is 6.48. The average molecular weight is 389 g/mol. The number of piperazine rings is 1. The van der Waals surface area contributed by atoms with Gasteiger partial charge in [-0.1, -0.05) is 0 Å². The van der Waals surface area contributed by atoms with Gasteiger partial charge in [-0.3, -0.25) is 9.69 Å². The molecule has 1 aromatic rings. The fourth-order valence-electron chi connectivity index (χ4n) is 3.19.